The summed E-state index contributed by atoms with van der Waals surface area (Å²) in [6, 6.07) is 6.51. The average Bonchev–Trinajstić information content (AvgIpc) is 3.22. The van der Waals surface area contributed by atoms with Gasteiger partial charge in [0.1, 0.15) is 0 Å². The molecule has 1 aromatic heterocycles. The molecule has 0 atom stereocenters. The molecule has 0 spiro atoms. The lowest BCUT2D eigenvalue weighted by molar-refractivity contribution is 0.720. The monoisotopic (exact) mass is 227 g/mol. The van der Waals surface area contributed by atoms with Gasteiger partial charge in [-0.3, -0.25) is 4.68 Å². The van der Waals surface area contributed by atoms with E-state index in [2.05, 4.69) is 18.2 Å². The molecule has 2 aliphatic carbocycles. The van der Waals surface area contributed by atoms with Crippen molar-refractivity contribution < 1.29 is 0 Å². The van der Waals surface area contributed by atoms with Gasteiger partial charge in [-0.2, -0.15) is 5.10 Å². The lowest BCUT2D eigenvalue weighted by Gasteiger charge is -2.11. The van der Waals surface area contributed by atoms with Gasteiger partial charge < -0.3 is 5.73 Å². The number of hydrogen-bond acceptors (Lipinski definition) is 2. The lowest BCUT2D eigenvalue weighted by Crippen LogP contribution is -2.19. The van der Waals surface area contributed by atoms with Crippen LogP contribution in [0, 0.1) is 0 Å². The van der Waals surface area contributed by atoms with Crippen molar-refractivity contribution in [3.63, 3.8) is 0 Å². The smallest absolute Gasteiger partial charge is 0.0734 e. The number of aromatic nitrogens is 2. The number of nitrogens with two attached hydrogens (primary N) is 1. The summed E-state index contributed by atoms with van der Waals surface area (Å²) in [5.74, 6) is 0.696. The second kappa shape index (κ2) is 2.91. The number of hydrogen-bond donors (Lipinski definition) is 1. The van der Waals surface area contributed by atoms with Crippen LogP contribution in [0.5, 0.6) is 0 Å². The van der Waals surface area contributed by atoms with Crippen LogP contribution in [0.25, 0.3) is 10.9 Å². The van der Waals surface area contributed by atoms with Gasteiger partial charge in [0.25, 0.3) is 0 Å². The van der Waals surface area contributed by atoms with Crippen LogP contribution in [0.3, 0.4) is 0 Å². The molecule has 88 valence electrons. The van der Waals surface area contributed by atoms with Gasteiger partial charge in [-0.1, -0.05) is 18.2 Å². The summed E-state index contributed by atoms with van der Waals surface area (Å²) in [6.45, 7) is 0. The highest BCUT2D eigenvalue weighted by Gasteiger charge is 2.42. The lowest BCUT2D eigenvalue weighted by atomic mass is 10.0. The Morgan fingerprint density at radius 2 is 2.12 bits per heavy atom. The summed E-state index contributed by atoms with van der Waals surface area (Å²) >= 11 is 0. The van der Waals surface area contributed by atoms with Crippen LogP contribution in [0.1, 0.15) is 42.9 Å². The van der Waals surface area contributed by atoms with Crippen LogP contribution in [0.15, 0.2) is 18.2 Å². The van der Waals surface area contributed by atoms with Gasteiger partial charge in [-0.05, 0) is 31.2 Å². The summed E-state index contributed by atoms with van der Waals surface area (Å²) in [4.78, 5) is 0. The molecule has 1 aromatic carbocycles. The SMILES string of the molecule is Cn1nc(C2CC2)c2cccc(C3(N)CC3)c21. The van der Waals surface area contributed by atoms with Gasteiger partial charge in [0, 0.05) is 23.9 Å². The molecule has 2 aliphatic rings. The molecule has 0 radical (unpaired) electrons. The molecule has 2 fully saturated rings. The van der Waals surface area contributed by atoms with Gasteiger partial charge >= 0.3 is 0 Å². The number of fused-ring (bicyclic) bond motifs is 1. The summed E-state index contributed by atoms with van der Waals surface area (Å²) in [5.41, 5.74) is 10.1. The minimum absolute atomic E-state index is 0.0753. The van der Waals surface area contributed by atoms with Crippen molar-refractivity contribution in [1.29, 1.82) is 0 Å². The van der Waals surface area contributed by atoms with E-state index in [1.165, 1.54) is 35.0 Å². The third kappa shape index (κ3) is 1.29. The zero-order valence-electron chi connectivity index (χ0n) is 10.1. The maximum atomic E-state index is 6.36. The first-order valence-corrected chi connectivity index (χ1v) is 6.44. The highest BCUT2D eigenvalue weighted by atomic mass is 15.3. The Labute approximate surface area is 101 Å². The number of aryl methyl sites for hydroxylation is 1. The molecule has 0 unspecified atom stereocenters. The summed E-state index contributed by atoms with van der Waals surface area (Å²) < 4.78 is 2.03. The Morgan fingerprint density at radius 1 is 1.35 bits per heavy atom. The normalized spacial score (nSPS) is 22.0. The van der Waals surface area contributed by atoms with Crippen molar-refractivity contribution in [2.45, 2.75) is 37.1 Å². The quantitative estimate of drug-likeness (QED) is 0.856. The first-order chi connectivity index (χ1) is 8.19. The van der Waals surface area contributed by atoms with Crippen molar-refractivity contribution >= 4 is 10.9 Å². The molecule has 0 bridgehead atoms. The van der Waals surface area contributed by atoms with Crippen LogP contribution >= 0.6 is 0 Å². The van der Waals surface area contributed by atoms with Gasteiger partial charge in [0.15, 0.2) is 0 Å². The Hall–Kier alpha value is -1.35. The van der Waals surface area contributed by atoms with Crippen molar-refractivity contribution in [3.8, 4) is 0 Å². The Balaban J connectivity index is 2.03. The molecule has 2 saturated carbocycles. The zero-order valence-corrected chi connectivity index (χ0v) is 10.1. The van der Waals surface area contributed by atoms with Crippen LogP contribution in [-0.4, -0.2) is 9.78 Å². The fraction of sp³-hybridized carbons (Fsp3) is 0.500. The molecule has 2 N–H and O–H groups in total. The second-order valence-electron chi connectivity index (χ2n) is 5.64. The first kappa shape index (κ1) is 9.66. The third-order valence-electron chi connectivity index (χ3n) is 4.18. The average molecular weight is 227 g/mol. The summed E-state index contributed by atoms with van der Waals surface area (Å²) in [5, 5.41) is 6.04. The van der Waals surface area contributed by atoms with Crippen LogP contribution < -0.4 is 5.73 Å². The number of benzene rings is 1. The molecule has 2 aromatic rings. The van der Waals surface area contributed by atoms with Crippen molar-refractivity contribution in [2.75, 3.05) is 0 Å². The maximum absolute atomic E-state index is 6.36. The van der Waals surface area contributed by atoms with E-state index in [0.29, 0.717) is 5.92 Å². The van der Waals surface area contributed by atoms with Crippen molar-refractivity contribution in [2.24, 2.45) is 12.8 Å². The van der Waals surface area contributed by atoms with Crippen molar-refractivity contribution in [1.82, 2.24) is 9.78 Å². The Morgan fingerprint density at radius 3 is 2.76 bits per heavy atom. The van der Waals surface area contributed by atoms with E-state index >= 15 is 0 Å². The summed E-state index contributed by atoms with van der Waals surface area (Å²) in [7, 11) is 2.05. The fourth-order valence-corrected chi connectivity index (χ4v) is 2.83. The van der Waals surface area contributed by atoms with Gasteiger partial charge in [-0.15, -0.1) is 0 Å². The molecule has 1 heterocycles. The maximum Gasteiger partial charge on any atom is 0.0734 e. The van der Waals surface area contributed by atoms with E-state index < -0.39 is 0 Å². The van der Waals surface area contributed by atoms with E-state index in [0.717, 1.165) is 12.8 Å². The topological polar surface area (TPSA) is 43.8 Å². The largest absolute Gasteiger partial charge is 0.321 e. The Bertz CT molecular complexity index is 603. The minimum Gasteiger partial charge on any atom is -0.321 e. The highest BCUT2D eigenvalue weighted by molar-refractivity contribution is 5.87. The van der Waals surface area contributed by atoms with E-state index in [4.69, 9.17) is 10.8 Å². The van der Waals surface area contributed by atoms with Gasteiger partial charge in [0.2, 0.25) is 0 Å². The van der Waals surface area contributed by atoms with Crippen LogP contribution in [0.4, 0.5) is 0 Å². The van der Waals surface area contributed by atoms with E-state index in [1.807, 2.05) is 11.7 Å². The molecule has 0 saturated heterocycles. The standard InChI is InChI=1S/C14H17N3/c1-17-13-10(12(16-17)9-5-6-9)3-2-4-11(13)14(15)7-8-14/h2-4,9H,5-8,15H2,1H3. The molecule has 0 aliphatic heterocycles. The van der Waals surface area contributed by atoms with E-state index in [9.17, 15) is 0 Å². The third-order valence-corrected chi connectivity index (χ3v) is 4.18. The van der Waals surface area contributed by atoms with Crippen LogP contribution in [0.2, 0.25) is 0 Å². The molecule has 3 nitrogen and oxygen atoms in total. The number of nitrogens with zero attached hydrogens (tertiary/aromatic N) is 2. The second-order valence-corrected chi connectivity index (χ2v) is 5.64. The van der Waals surface area contributed by atoms with E-state index in [-0.39, 0.29) is 5.54 Å². The first-order valence-electron chi connectivity index (χ1n) is 6.44. The number of para-hydroxylation sites is 1. The van der Waals surface area contributed by atoms with Crippen LogP contribution in [-0.2, 0) is 12.6 Å². The zero-order chi connectivity index (χ0) is 11.6. The minimum atomic E-state index is -0.0753. The highest BCUT2D eigenvalue weighted by Crippen LogP contribution is 2.48. The van der Waals surface area contributed by atoms with Crippen molar-refractivity contribution in [3.05, 3.63) is 29.5 Å². The van der Waals surface area contributed by atoms with E-state index in [1.54, 1.807) is 0 Å². The van der Waals surface area contributed by atoms with Gasteiger partial charge in [0.05, 0.1) is 11.2 Å². The molecule has 3 heteroatoms. The molecular weight excluding hydrogens is 210 g/mol. The molecule has 0 amide bonds. The fourth-order valence-electron chi connectivity index (χ4n) is 2.83. The predicted molar refractivity (Wildman–Crippen MR) is 67.8 cm³/mol. The molecule has 4 rings (SSSR count). The number of rotatable bonds is 2. The molecule has 17 heavy (non-hydrogen) atoms. The summed E-state index contributed by atoms with van der Waals surface area (Å²) in [6.07, 6.45) is 4.81. The Kier molecular flexibility index (Phi) is 1.65. The van der Waals surface area contributed by atoms with Gasteiger partial charge in [-0.25, -0.2) is 0 Å². The predicted octanol–water partition coefficient (Wildman–Crippen LogP) is 2.40. The molecular formula is C14H17N3.